The molecule has 3 heterocycles. The monoisotopic (exact) mass is 371 g/mol. The van der Waals surface area contributed by atoms with Gasteiger partial charge >= 0.3 is 0 Å². The van der Waals surface area contributed by atoms with Crippen LogP contribution in [-0.2, 0) is 0 Å². The van der Waals surface area contributed by atoms with Gasteiger partial charge in [-0.3, -0.25) is 4.79 Å². The molecule has 0 bridgehead atoms. The number of amides is 1. The number of benzene rings is 1. The molecule has 4 rings (SSSR count). The Bertz CT molecular complexity index is 959. The fraction of sp³-hybridized carbons (Fsp3) is 0.333. The number of hydrogen-bond acceptors (Lipinski definition) is 4. The zero-order valence-electron chi connectivity index (χ0n) is 14.3. The van der Waals surface area contributed by atoms with E-state index in [1.165, 1.54) is 6.33 Å². The van der Waals surface area contributed by atoms with Crippen LogP contribution in [-0.4, -0.2) is 48.9 Å². The first kappa shape index (κ1) is 17.0. The van der Waals surface area contributed by atoms with Crippen molar-refractivity contribution in [1.82, 2.24) is 24.5 Å². The molecule has 1 aromatic carbocycles. The van der Waals surface area contributed by atoms with E-state index in [9.17, 15) is 4.79 Å². The summed E-state index contributed by atoms with van der Waals surface area (Å²) < 4.78 is 16.7. The molecule has 0 aliphatic carbocycles. The average Bonchev–Trinajstić information content (AvgIpc) is 3.08. The lowest BCUT2D eigenvalue weighted by Gasteiger charge is -2.40. The number of nitrogens with zero attached hydrogens (tertiary/aromatic N) is 5. The first-order valence-corrected chi connectivity index (χ1v) is 9.00. The number of fused-ring (bicyclic) bond motifs is 1. The number of alkyl halides is 1. The quantitative estimate of drug-likeness (QED) is 0.650. The molecule has 26 heavy (non-hydrogen) atoms. The summed E-state index contributed by atoms with van der Waals surface area (Å²) in [5.41, 5.74) is 2.17. The van der Waals surface area contributed by atoms with Crippen LogP contribution in [0.5, 0.6) is 0 Å². The van der Waals surface area contributed by atoms with Crippen molar-refractivity contribution in [2.24, 2.45) is 0 Å². The molecule has 0 N–H and O–H groups in total. The summed E-state index contributed by atoms with van der Waals surface area (Å²) in [7, 11) is 2.27. The van der Waals surface area contributed by atoms with E-state index >= 15 is 4.39 Å². The topological polar surface area (TPSA) is 63.4 Å². The highest BCUT2D eigenvalue weighted by Gasteiger charge is 2.40. The van der Waals surface area contributed by atoms with Crippen molar-refractivity contribution in [3.63, 3.8) is 0 Å². The predicted octanol–water partition coefficient (Wildman–Crippen LogP) is 2.60. The minimum absolute atomic E-state index is 0.0481. The van der Waals surface area contributed by atoms with Gasteiger partial charge in [-0.25, -0.2) is 13.9 Å². The highest BCUT2D eigenvalue weighted by molar-refractivity contribution is 7.18. The Morgan fingerprint density at radius 2 is 2.12 bits per heavy atom. The number of halogens is 1. The van der Waals surface area contributed by atoms with E-state index in [1.807, 2.05) is 31.2 Å². The van der Waals surface area contributed by atoms with E-state index in [0.29, 0.717) is 17.9 Å². The van der Waals surface area contributed by atoms with E-state index in [1.54, 1.807) is 21.5 Å². The van der Waals surface area contributed by atoms with Crippen LogP contribution < -0.4 is 0 Å². The normalized spacial score (nSPS) is 23.3. The molecule has 0 radical (unpaired) electrons. The zero-order valence-corrected chi connectivity index (χ0v) is 15.5. The fourth-order valence-corrected chi connectivity index (χ4v) is 4.06. The number of piperidine rings is 1. The summed E-state index contributed by atoms with van der Waals surface area (Å²) in [6.07, 6.45) is 1.72. The van der Waals surface area contributed by atoms with Gasteiger partial charge in [-0.1, -0.05) is 27.4 Å². The maximum absolute atomic E-state index is 15.1. The molecule has 6 nitrogen and oxygen atoms in total. The molecule has 3 aromatic rings. The van der Waals surface area contributed by atoms with Gasteiger partial charge in [0.1, 0.15) is 11.7 Å². The van der Waals surface area contributed by atoms with Gasteiger partial charge in [-0.05, 0) is 31.5 Å². The highest BCUT2D eigenvalue weighted by atomic mass is 31.0. The second-order valence-corrected chi connectivity index (χ2v) is 7.82. The molecule has 1 saturated heterocycles. The number of carbonyl (C=O) groups is 1. The van der Waals surface area contributed by atoms with Crippen molar-refractivity contribution < 1.29 is 9.18 Å². The molecular weight excluding hydrogens is 352 g/mol. The van der Waals surface area contributed by atoms with Gasteiger partial charge in [0.05, 0.1) is 12.2 Å². The molecule has 1 aliphatic rings. The van der Waals surface area contributed by atoms with Gasteiger partial charge in [-0.15, -0.1) is 0 Å². The summed E-state index contributed by atoms with van der Waals surface area (Å²) in [5.74, 6) is 0.116. The van der Waals surface area contributed by atoms with Crippen LogP contribution >= 0.6 is 9.24 Å². The van der Waals surface area contributed by atoms with E-state index in [4.69, 9.17) is 0 Å². The smallest absolute Gasteiger partial charge is 0.253 e. The van der Waals surface area contributed by atoms with Crippen LogP contribution in [0.25, 0.3) is 5.78 Å². The number of carbonyl (C=O) groups excluding carboxylic acids is 1. The third-order valence-electron chi connectivity index (χ3n) is 4.61. The van der Waals surface area contributed by atoms with Crippen LogP contribution in [0.2, 0.25) is 0 Å². The number of aromatic nitrogens is 4. The lowest BCUT2D eigenvalue weighted by Crippen LogP contribution is -2.48. The third-order valence-corrected chi connectivity index (χ3v) is 5.03. The lowest BCUT2D eigenvalue weighted by atomic mass is 9.92. The Balaban J connectivity index is 1.70. The molecule has 1 fully saturated rings. The van der Waals surface area contributed by atoms with E-state index in [0.717, 1.165) is 11.4 Å². The van der Waals surface area contributed by atoms with Gasteiger partial charge in [0, 0.05) is 23.7 Å². The third kappa shape index (κ3) is 3.19. The Hall–Kier alpha value is -2.40. The maximum Gasteiger partial charge on any atom is 0.253 e. The molecule has 2 aromatic heterocycles. The minimum atomic E-state index is -1.56. The van der Waals surface area contributed by atoms with Crippen LogP contribution in [0.3, 0.4) is 0 Å². The molecule has 0 saturated carbocycles. The average molecular weight is 371 g/mol. The van der Waals surface area contributed by atoms with Gasteiger partial charge in [-0.2, -0.15) is 10.1 Å². The maximum atomic E-state index is 15.1. The van der Waals surface area contributed by atoms with Crippen molar-refractivity contribution in [3.05, 3.63) is 59.7 Å². The second kappa shape index (κ2) is 6.40. The first-order chi connectivity index (χ1) is 12.4. The van der Waals surface area contributed by atoms with Gasteiger partial charge in [0.15, 0.2) is 0 Å². The molecule has 134 valence electrons. The van der Waals surface area contributed by atoms with Crippen molar-refractivity contribution in [2.75, 3.05) is 13.1 Å². The molecule has 3 atom stereocenters. The van der Waals surface area contributed by atoms with Gasteiger partial charge in [0.2, 0.25) is 0 Å². The zero-order chi connectivity index (χ0) is 18.3. The molecule has 0 spiro atoms. The number of aryl methyl sites for hydroxylation is 1. The Morgan fingerprint density at radius 1 is 1.35 bits per heavy atom. The Morgan fingerprint density at radius 3 is 2.88 bits per heavy atom. The predicted molar refractivity (Wildman–Crippen MR) is 98.8 cm³/mol. The number of likely N-dealkylation sites (tertiary alicyclic amines) is 1. The fourth-order valence-electron chi connectivity index (χ4n) is 3.55. The summed E-state index contributed by atoms with van der Waals surface area (Å²) in [5, 5.41) is 2.66. The van der Waals surface area contributed by atoms with Gasteiger partial charge in [0.25, 0.3) is 11.7 Å². The standard InChI is InChI=1S/C18H19FN5OP/c1-12-7-15(24-17(22-12)20-11-21-24)14-8-18(19,26)10-23(9-14)16(25)13-5-3-2-4-6-13/h2-7,11,14H,8-10,26H2,1H3. The van der Waals surface area contributed by atoms with Crippen molar-refractivity contribution in [1.29, 1.82) is 0 Å². The SMILES string of the molecule is Cc1cc(C2CN(C(=O)c3ccccc3)CC(F)(P)C2)n2ncnc2n1. The van der Waals surface area contributed by atoms with Gasteiger partial charge < -0.3 is 4.90 Å². The summed E-state index contributed by atoms with van der Waals surface area (Å²) in [6, 6.07) is 10.9. The first-order valence-electron chi connectivity index (χ1n) is 8.42. The van der Waals surface area contributed by atoms with Crippen molar-refractivity contribution in [2.45, 2.75) is 24.7 Å². The molecule has 1 aliphatic heterocycles. The van der Waals surface area contributed by atoms with Crippen LogP contribution in [0.4, 0.5) is 4.39 Å². The van der Waals surface area contributed by atoms with E-state index in [-0.39, 0.29) is 24.8 Å². The number of hydrogen-bond donors (Lipinski definition) is 0. The van der Waals surface area contributed by atoms with Crippen molar-refractivity contribution >= 4 is 20.9 Å². The summed E-state index contributed by atoms with van der Waals surface area (Å²) in [6.45, 7) is 2.34. The Labute approximate surface area is 152 Å². The van der Waals surface area contributed by atoms with Crippen LogP contribution in [0.1, 0.15) is 34.1 Å². The largest absolute Gasteiger partial charge is 0.334 e. The molecular formula is C18H19FN5OP. The molecule has 3 unspecified atom stereocenters. The molecule has 1 amide bonds. The molecule has 8 heteroatoms. The van der Waals surface area contributed by atoms with Crippen LogP contribution in [0, 0.1) is 6.92 Å². The lowest BCUT2D eigenvalue weighted by molar-refractivity contribution is 0.0543. The number of rotatable bonds is 2. The Kier molecular flexibility index (Phi) is 4.19. The minimum Gasteiger partial charge on any atom is -0.334 e. The second-order valence-electron chi connectivity index (χ2n) is 6.78. The van der Waals surface area contributed by atoms with E-state index < -0.39 is 5.41 Å². The van der Waals surface area contributed by atoms with Crippen molar-refractivity contribution in [3.8, 4) is 0 Å². The highest BCUT2D eigenvalue weighted by Crippen LogP contribution is 2.39. The van der Waals surface area contributed by atoms with E-state index in [2.05, 4.69) is 24.3 Å². The van der Waals surface area contributed by atoms with Crippen LogP contribution in [0.15, 0.2) is 42.7 Å². The summed E-state index contributed by atoms with van der Waals surface area (Å²) >= 11 is 0. The summed E-state index contributed by atoms with van der Waals surface area (Å²) in [4.78, 5) is 22.9.